The van der Waals surface area contributed by atoms with Gasteiger partial charge in [-0.05, 0) is 55.7 Å². The zero-order valence-electron chi connectivity index (χ0n) is 14.2. The molecule has 0 saturated heterocycles. The van der Waals surface area contributed by atoms with Crippen LogP contribution < -0.4 is 10.0 Å². The van der Waals surface area contributed by atoms with Crippen molar-refractivity contribution in [3.63, 3.8) is 0 Å². The number of halogens is 2. The summed E-state index contributed by atoms with van der Waals surface area (Å²) in [7, 11) is -3.69. The van der Waals surface area contributed by atoms with Crippen LogP contribution in [0.2, 0.25) is 0 Å². The van der Waals surface area contributed by atoms with E-state index in [2.05, 4.69) is 17.0 Å². The van der Waals surface area contributed by atoms with Gasteiger partial charge in [0.25, 0.3) is 0 Å². The number of carbonyl (C=O) groups is 1. The van der Waals surface area contributed by atoms with Gasteiger partial charge in [0.05, 0.1) is 0 Å². The summed E-state index contributed by atoms with van der Waals surface area (Å²) in [6.07, 6.45) is 3.74. The molecule has 5 nitrogen and oxygen atoms in total. The first-order valence-electron chi connectivity index (χ1n) is 8.45. The average molecular weight is 374 g/mol. The number of amides is 1. The van der Waals surface area contributed by atoms with Gasteiger partial charge in [-0.25, -0.2) is 21.9 Å². The van der Waals surface area contributed by atoms with E-state index in [1.165, 1.54) is 12.1 Å². The highest BCUT2D eigenvalue weighted by Gasteiger charge is 2.24. The SMILES string of the molecule is CC1CCC(NS(=O)(=O)CC(=O)NCCc2cc(F)cc(F)c2)CC1. The Labute approximate surface area is 147 Å². The van der Waals surface area contributed by atoms with Crippen LogP contribution in [0.15, 0.2) is 18.2 Å². The van der Waals surface area contributed by atoms with Crippen LogP contribution in [-0.4, -0.2) is 32.7 Å². The molecule has 0 bridgehead atoms. The monoisotopic (exact) mass is 374 g/mol. The number of carbonyl (C=O) groups excluding carboxylic acids is 1. The average Bonchev–Trinajstić information content (AvgIpc) is 2.48. The summed E-state index contributed by atoms with van der Waals surface area (Å²) < 4.78 is 52.8. The molecular weight excluding hydrogens is 350 g/mol. The lowest BCUT2D eigenvalue weighted by atomic mass is 9.88. The lowest BCUT2D eigenvalue weighted by Gasteiger charge is -2.26. The highest BCUT2D eigenvalue weighted by atomic mass is 32.2. The van der Waals surface area contributed by atoms with Crippen LogP contribution in [0.4, 0.5) is 8.78 Å². The van der Waals surface area contributed by atoms with Gasteiger partial charge < -0.3 is 5.32 Å². The Bertz CT molecular complexity index is 682. The summed E-state index contributed by atoms with van der Waals surface area (Å²) in [5, 5.41) is 2.47. The molecule has 1 amide bonds. The number of benzene rings is 1. The minimum Gasteiger partial charge on any atom is -0.355 e. The minimum atomic E-state index is -3.69. The molecule has 1 fully saturated rings. The molecule has 1 saturated carbocycles. The summed E-state index contributed by atoms with van der Waals surface area (Å²) in [5.74, 6) is -2.04. The molecule has 1 aromatic rings. The second-order valence-electron chi connectivity index (χ2n) is 6.71. The van der Waals surface area contributed by atoms with Gasteiger partial charge in [-0.1, -0.05) is 6.92 Å². The number of hydrogen-bond donors (Lipinski definition) is 2. The van der Waals surface area contributed by atoms with Crippen LogP contribution in [0.3, 0.4) is 0 Å². The van der Waals surface area contributed by atoms with E-state index in [4.69, 9.17) is 0 Å². The van der Waals surface area contributed by atoms with Crippen molar-refractivity contribution in [3.8, 4) is 0 Å². The normalized spacial score (nSPS) is 21.1. The van der Waals surface area contributed by atoms with Crippen LogP contribution in [0.5, 0.6) is 0 Å². The van der Waals surface area contributed by atoms with E-state index >= 15 is 0 Å². The maximum Gasteiger partial charge on any atom is 0.236 e. The molecule has 8 heteroatoms. The van der Waals surface area contributed by atoms with Gasteiger partial charge in [-0.3, -0.25) is 4.79 Å². The predicted octanol–water partition coefficient (Wildman–Crippen LogP) is 2.12. The first-order chi connectivity index (χ1) is 11.7. The van der Waals surface area contributed by atoms with E-state index in [0.717, 1.165) is 31.7 Å². The predicted molar refractivity (Wildman–Crippen MR) is 91.4 cm³/mol. The topological polar surface area (TPSA) is 75.3 Å². The molecule has 1 aliphatic carbocycles. The summed E-state index contributed by atoms with van der Waals surface area (Å²) in [6, 6.07) is 3.02. The number of nitrogens with one attached hydrogen (secondary N) is 2. The third-order valence-corrected chi connectivity index (χ3v) is 5.68. The minimum absolute atomic E-state index is 0.107. The van der Waals surface area contributed by atoms with Gasteiger partial charge in [0.2, 0.25) is 15.9 Å². The first-order valence-corrected chi connectivity index (χ1v) is 10.1. The molecule has 2 rings (SSSR count). The van der Waals surface area contributed by atoms with E-state index in [9.17, 15) is 22.0 Å². The molecule has 1 aromatic carbocycles. The van der Waals surface area contributed by atoms with E-state index in [1.807, 2.05) is 0 Å². The molecule has 0 radical (unpaired) electrons. The van der Waals surface area contributed by atoms with Crippen LogP contribution in [0.25, 0.3) is 0 Å². The zero-order chi connectivity index (χ0) is 18.4. The Morgan fingerprint density at radius 2 is 1.72 bits per heavy atom. The molecular formula is C17H24F2N2O3S. The number of sulfonamides is 1. The van der Waals surface area contributed by atoms with E-state index in [1.54, 1.807) is 0 Å². The first kappa shape index (κ1) is 19.8. The standard InChI is InChI=1S/C17H24F2N2O3S/c1-12-2-4-16(5-3-12)21-25(23,24)11-17(22)20-7-6-13-8-14(18)10-15(19)9-13/h8-10,12,16,21H,2-7,11H2,1H3,(H,20,22). The molecule has 0 heterocycles. The van der Waals surface area contributed by atoms with Crippen molar-refractivity contribution in [2.24, 2.45) is 5.92 Å². The van der Waals surface area contributed by atoms with Crippen molar-refractivity contribution in [1.82, 2.24) is 10.0 Å². The van der Waals surface area contributed by atoms with Crippen LogP contribution in [-0.2, 0) is 21.2 Å². The lowest BCUT2D eigenvalue weighted by Crippen LogP contribution is -2.42. The van der Waals surface area contributed by atoms with Gasteiger partial charge in [0, 0.05) is 18.7 Å². The molecule has 2 N–H and O–H groups in total. The maximum atomic E-state index is 13.1. The summed E-state index contributed by atoms with van der Waals surface area (Å²) >= 11 is 0. The number of hydrogen-bond acceptors (Lipinski definition) is 3. The van der Waals surface area contributed by atoms with Crippen molar-refractivity contribution in [1.29, 1.82) is 0 Å². The van der Waals surface area contributed by atoms with Crippen molar-refractivity contribution < 1.29 is 22.0 Å². The fraction of sp³-hybridized carbons (Fsp3) is 0.588. The Kier molecular flexibility index (Phi) is 6.89. The van der Waals surface area contributed by atoms with Gasteiger partial charge >= 0.3 is 0 Å². The fourth-order valence-electron chi connectivity index (χ4n) is 3.00. The molecule has 1 aliphatic rings. The quantitative estimate of drug-likeness (QED) is 0.768. The van der Waals surface area contributed by atoms with Crippen LogP contribution >= 0.6 is 0 Å². The van der Waals surface area contributed by atoms with Crippen LogP contribution in [0, 0.1) is 17.6 Å². The largest absolute Gasteiger partial charge is 0.355 e. The van der Waals surface area contributed by atoms with Crippen molar-refractivity contribution >= 4 is 15.9 Å². The van der Waals surface area contributed by atoms with Crippen molar-refractivity contribution in [2.75, 3.05) is 12.3 Å². The molecule has 0 unspecified atom stereocenters. The smallest absolute Gasteiger partial charge is 0.236 e. The zero-order valence-corrected chi connectivity index (χ0v) is 15.0. The summed E-state index contributed by atoms with van der Waals surface area (Å²) in [4.78, 5) is 11.8. The van der Waals surface area contributed by atoms with E-state index in [0.29, 0.717) is 11.5 Å². The molecule has 0 aliphatic heterocycles. The Morgan fingerprint density at radius 3 is 2.32 bits per heavy atom. The Morgan fingerprint density at radius 1 is 1.12 bits per heavy atom. The molecule has 0 aromatic heterocycles. The second kappa shape index (κ2) is 8.71. The Hall–Kier alpha value is -1.54. The Balaban J connectivity index is 1.75. The number of rotatable bonds is 7. The third-order valence-electron chi connectivity index (χ3n) is 4.34. The maximum absolute atomic E-state index is 13.1. The van der Waals surface area contributed by atoms with Gasteiger partial charge in [-0.15, -0.1) is 0 Å². The van der Waals surface area contributed by atoms with E-state index < -0.39 is 33.3 Å². The van der Waals surface area contributed by atoms with E-state index in [-0.39, 0.29) is 19.0 Å². The van der Waals surface area contributed by atoms with Gasteiger partial charge in [0.15, 0.2) is 0 Å². The third kappa shape index (κ3) is 7.07. The second-order valence-corrected chi connectivity index (χ2v) is 8.47. The molecule has 0 spiro atoms. The highest BCUT2D eigenvalue weighted by molar-refractivity contribution is 7.90. The molecule has 140 valence electrons. The van der Waals surface area contributed by atoms with Crippen molar-refractivity contribution in [3.05, 3.63) is 35.4 Å². The summed E-state index contributed by atoms with van der Waals surface area (Å²) in [5.41, 5.74) is 0.398. The molecule has 25 heavy (non-hydrogen) atoms. The molecule has 0 atom stereocenters. The fourth-order valence-corrected chi connectivity index (χ4v) is 4.27. The van der Waals surface area contributed by atoms with Gasteiger partial charge in [0.1, 0.15) is 17.4 Å². The van der Waals surface area contributed by atoms with Crippen LogP contribution in [0.1, 0.15) is 38.2 Å². The highest BCUT2D eigenvalue weighted by Crippen LogP contribution is 2.23. The lowest BCUT2D eigenvalue weighted by molar-refractivity contribution is -0.118. The summed E-state index contributed by atoms with van der Waals surface area (Å²) in [6.45, 7) is 2.25. The van der Waals surface area contributed by atoms with Gasteiger partial charge in [-0.2, -0.15) is 0 Å². The van der Waals surface area contributed by atoms with Crippen molar-refractivity contribution in [2.45, 2.75) is 45.1 Å².